The molecule has 0 N–H and O–H groups in total. The SMILES string of the molecule is CC(C)c1nc(-c2cccnc2)nc(Cl)c1Br. The minimum absolute atomic E-state index is 0.278. The molecular weight excluding hydrogens is 302 g/mol. The molecule has 0 atom stereocenters. The van der Waals surface area contributed by atoms with E-state index in [1.54, 1.807) is 12.4 Å². The minimum Gasteiger partial charge on any atom is -0.264 e. The molecule has 0 bridgehead atoms. The lowest BCUT2D eigenvalue weighted by atomic mass is 10.1. The summed E-state index contributed by atoms with van der Waals surface area (Å²) in [5.74, 6) is 0.885. The Morgan fingerprint density at radius 2 is 2.06 bits per heavy atom. The molecule has 2 aromatic heterocycles. The third-order valence-corrected chi connectivity index (χ3v) is 3.59. The van der Waals surface area contributed by atoms with Crippen LogP contribution in [0.2, 0.25) is 5.15 Å². The average molecular weight is 313 g/mol. The second-order valence-corrected chi connectivity index (χ2v) is 5.08. The van der Waals surface area contributed by atoms with Crippen molar-refractivity contribution < 1.29 is 0 Å². The quantitative estimate of drug-likeness (QED) is 0.784. The second-order valence-electron chi connectivity index (χ2n) is 3.93. The summed E-state index contributed by atoms with van der Waals surface area (Å²) in [6.45, 7) is 4.13. The highest BCUT2D eigenvalue weighted by atomic mass is 79.9. The van der Waals surface area contributed by atoms with E-state index < -0.39 is 0 Å². The third-order valence-electron chi connectivity index (χ3n) is 2.30. The summed E-state index contributed by atoms with van der Waals surface area (Å²) in [4.78, 5) is 12.8. The van der Waals surface area contributed by atoms with E-state index in [1.165, 1.54) is 0 Å². The Balaban J connectivity index is 2.57. The normalized spacial score (nSPS) is 10.9. The summed E-state index contributed by atoms with van der Waals surface area (Å²) in [6.07, 6.45) is 3.44. The highest BCUT2D eigenvalue weighted by Crippen LogP contribution is 2.30. The van der Waals surface area contributed by atoms with Crippen molar-refractivity contribution >= 4 is 27.5 Å². The number of aromatic nitrogens is 3. The zero-order valence-corrected chi connectivity index (χ0v) is 11.8. The van der Waals surface area contributed by atoms with Gasteiger partial charge in [0.1, 0.15) is 5.15 Å². The number of hydrogen-bond donors (Lipinski definition) is 0. The van der Waals surface area contributed by atoms with Crippen molar-refractivity contribution in [2.75, 3.05) is 0 Å². The van der Waals surface area contributed by atoms with Gasteiger partial charge in [0, 0.05) is 18.0 Å². The van der Waals surface area contributed by atoms with Crippen LogP contribution in [-0.2, 0) is 0 Å². The van der Waals surface area contributed by atoms with Gasteiger partial charge in [-0.05, 0) is 34.0 Å². The average Bonchev–Trinajstić information content (AvgIpc) is 2.33. The van der Waals surface area contributed by atoms with E-state index in [1.807, 2.05) is 12.1 Å². The van der Waals surface area contributed by atoms with Crippen LogP contribution in [0.3, 0.4) is 0 Å². The Bertz CT molecular complexity index is 529. The Morgan fingerprint density at radius 3 is 2.65 bits per heavy atom. The highest BCUT2D eigenvalue weighted by molar-refractivity contribution is 9.10. The van der Waals surface area contributed by atoms with Crippen molar-refractivity contribution in [2.24, 2.45) is 0 Å². The van der Waals surface area contributed by atoms with Gasteiger partial charge in [-0.2, -0.15) is 0 Å². The molecule has 0 aliphatic heterocycles. The van der Waals surface area contributed by atoms with E-state index in [4.69, 9.17) is 11.6 Å². The molecule has 3 nitrogen and oxygen atoms in total. The van der Waals surface area contributed by atoms with Crippen LogP contribution in [-0.4, -0.2) is 15.0 Å². The van der Waals surface area contributed by atoms with Crippen LogP contribution < -0.4 is 0 Å². The molecule has 0 amide bonds. The van der Waals surface area contributed by atoms with Crippen molar-refractivity contribution in [1.82, 2.24) is 15.0 Å². The van der Waals surface area contributed by atoms with Crippen molar-refractivity contribution in [3.8, 4) is 11.4 Å². The zero-order valence-electron chi connectivity index (χ0n) is 9.48. The third kappa shape index (κ3) is 2.64. The molecule has 88 valence electrons. The predicted molar refractivity (Wildman–Crippen MR) is 72.1 cm³/mol. The summed E-state index contributed by atoms with van der Waals surface area (Å²) >= 11 is 9.51. The van der Waals surface area contributed by atoms with Crippen LogP contribution in [0.15, 0.2) is 29.0 Å². The molecule has 0 saturated carbocycles. The summed E-state index contributed by atoms with van der Waals surface area (Å²) in [7, 11) is 0. The van der Waals surface area contributed by atoms with Gasteiger partial charge in [0.2, 0.25) is 0 Å². The van der Waals surface area contributed by atoms with Gasteiger partial charge >= 0.3 is 0 Å². The molecule has 0 aromatic carbocycles. The number of nitrogens with zero attached hydrogens (tertiary/aromatic N) is 3. The molecule has 17 heavy (non-hydrogen) atoms. The molecule has 0 spiro atoms. The highest BCUT2D eigenvalue weighted by Gasteiger charge is 2.14. The molecule has 0 fully saturated rings. The molecule has 2 aromatic rings. The fourth-order valence-corrected chi connectivity index (χ4v) is 2.25. The summed E-state index contributed by atoms with van der Waals surface area (Å²) < 4.78 is 0.766. The number of hydrogen-bond acceptors (Lipinski definition) is 3. The summed E-state index contributed by atoms with van der Waals surface area (Å²) in [5, 5.41) is 0.433. The topological polar surface area (TPSA) is 38.7 Å². The van der Waals surface area contributed by atoms with E-state index in [0.717, 1.165) is 15.7 Å². The van der Waals surface area contributed by atoms with Gasteiger partial charge in [-0.15, -0.1) is 0 Å². The van der Waals surface area contributed by atoms with Gasteiger partial charge in [0.25, 0.3) is 0 Å². The standard InChI is InChI=1S/C12H11BrClN3/c1-7(2)10-9(13)11(14)17-12(16-10)8-4-3-5-15-6-8/h3-7H,1-2H3. The Labute approximate surface area is 113 Å². The van der Waals surface area contributed by atoms with E-state index in [9.17, 15) is 0 Å². The number of pyridine rings is 1. The summed E-state index contributed by atoms with van der Waals surface area (Å²) in [5.41, 5.74) is 1.77. The van der Waals surface area contributed by atoms with Crippen molar-refractivity contribution in [2.45, 2.75) is 19.8 Å². The molecule has 5 heteroatoms. The van der Waals surface area contributed by atoms with Gasteiger partial charge < -0.3 is 0 Å². The fourth-order valence-electron chi connectivity index (χ4n) is 1.44. The first-order valence-electron chi connectivity index (χ1n) is 5.23. The van der Waals surface area contributed by atoms with Gasteiger partial charge in [-0.25, -0.2) is 9.97 Å². The minimum atomic E-state index is 0.278. The lowest BCUT2D eigenvalue weighted by molar-refractivity contribution is 0.809. The predicted octanol–water partition coefficient (Wildman–Crippen LogP) is 4.08. The maximum Gasteiger partial charge on any atom is 0.162 e. The van der Waals surface area contributed by atoms with Crippen LogP contribution in [0.5, 0.6) is 0 Å². The van der Waals surface area contributed by atoms with Crippen LogP contribution >= 0.6 is 27.5 Å². The maximum atomic E-state index is 6.09. The maximum absolute atomic E-state index is 6.09. The van der Waals surface area contributed by atoms with Crippen LogP contribution in [0.25, 0.3) is 11.4 Å². The number of halogens is 2. The van der Waals surface area contributed by atoms with Crippen LogP contribution in [0, 0.1) is 0 Å². The largest absolute Gasteiger partial charge is 0.264 e. The van der Waals surface area contributed by atoms with Gasteiger partial charge in [-0.3, -0.25) is 4.98 Å². The smallest absolute Gasteiger partial charge is 0.162 e. The monoisotopic (exact) mass is 311 g/mol. The fraction of sp³-hybridized carbons (Fsp3) is 0.250. The van der Waals surface area contributed by atoms with Gasteiger partial charge in [0.15, 0.2) is 5.82 Å². The van der Waals surface area contributed by atoms with E-state index in [2.05, 4.69) is 44.7 Å². The lowest BCUT2D eigenvalue weighted by Gasteiger charge is -2.10. The van der Waals surface area contributed by atoms with E-state index >= 15 is 0 Å². The van der Waals surface area contributed by atoms with Crippen LogP contribution in [0.4, 0.5) is 0 Å². The Kier molecular flexibility index (Phi) is 3.74. The molecule has 0 saturated heterocycles. The van der Waals surface area contributed by atoms with E-state index in [-0.39, 0.29) is 5.92 Å². The van der Waals surface area contributed by atoms with Crippen LogP contribution in [0.1, 0.15) is 25.5 Å². The van der Waals surface area contributed by atoms with E-state index in [0.29, 0.717) is 11.0 Å². The number of rotatable bonds is 2. The first-order valence-corrected chi connectivity index (χ1v) is 6.40. The summed E-state index contributed by atoms with van der Waals surface area (Å²) in [6, 6.07) is 3.76. The molecule has 2 heterocycles. The molecule has 2 rings (SSSR count). The second kappa shape index (κ2) is 5.10. The zero-order chi connectivity index (χ0) is 12.4. The Morgan fingerprint density at radius 1 is 1.29 bits per heavy atom. The molecular formula is C12H11BrClN3. The first-order chi connectivity index (χ1) is 8.09. The molecule has 0 radical (unpaired) electrons. The van der Waals surface area contributed by atoms with Gasteiger partial charge in [-0.1, -0.05) is 25.4 Å². The first kappa shape index (κ1) is 12.5. The molecule has 0 aliphatic rings. The van der Waals surface area contributed by atoms with Gasteiger partial charge in [0.05, 0.1) is 10.2 Å². The van der Waals surface area contributed by atoms with Crippen molar-refractivity contribution in [1.29, 1.82) is 0 Å². The molecule has 0 unspecified atom stereocenters. The Hall–Kier alpha value is -1.00. The van der Waals surface area contributed by atoms with Crippen molar-refractivity contribution in [3.63, 3.8) is 0 Å². The lowest BCUT2D eigenvalue weighted by Crippen LogP contribution is -2.00. The van der Waals surface area contributed by atoms with Crippen molar-refractivity contribution in [3.05, 3.63) is 39.8 Å². The molecule has 0 aliphatic carbocycles.